The number of carbonyl (C=O) groups is 1. The number of anilines is 1. The second-order valence-corrected chi connectivity index (χ2v) is 7.77. The van der Waals surface area contributed by atoms with Crippen molar-refractivity contribution in [1.82, 2.24) is 5.32 Å². The van der Waals surface area contributed by atoms with E-state index in [0.717, 1.165) is 35.4 Å². The van der Waals surface area contributed by atoms with Crippen LogP contribution >= 0.6 is 0 Å². The van der Waals surface area contributed by atoms with E-state index in [1.54, 1.807) is 7.11 Å². The summed E-state index contributed by atoms with van der Waals surface area (Å²) in [5, 5.41) is 6.83. The van der Waals surface area contributed by atoms with Gasteiger partial charge in [-0.1, -0.05) is 49.4 Å². The van der Waals surface area contributed by atoms with Crippen molar-refractivity contribution in [2.75, 3.05) is 12.4 Å². The first-order valence-electron chi connectivity index (χ1n) is 10.1. The van der Waals surface area contributed by atoms with Gasteiger partial charge in [0.25, 0.3) is 5.91 Å². The van der Waals surface area contributed by atoms with Crippen LogP contribution in [0.5, 0.6) is 5.75 Å². The van der Waals surface area contributed by atoms with Crippen LogP contribution in [0.2, 0.25) is 0 Å². The minimum Gasteiger partial charge on any atom is -0.496 e. The lowest BCUT2D eigenvalue weighted by atomic mass is 9.76. The SMILES string of the molecule is CCC(C)NC(=O)c1cccc2c1NC(c1ccccc1OC)C1CC=CC21. The van der Waals surface area contributed by atoms with Gasteiger partial charge in [-0.3, -0.25) is 4.79 Å². The molecule has 4 rings (SSSR count). The minimum atomic E-state index is -0.0158. The molecule has 28 heavy (non-hydrogen) atoms. The number of rotatable bonds is 5. The van der Waals surface area contributed by atoms with E-state index in [1.807, 2.05) is 37.3 Å². The number of nitrogens with one attached hydrogen (secondary N) is 2. The Hall–Kier alpha value is -2.75. The second-order valence-electron chi connectivity index (χ2n) is 7.77. The molecule has 0 saturated heterocycles. The van der Waals surface area contributed by atoms with Crippen LogP contribution in [-0.2, 0) is 0 Å². The number of allylic oxidation sites excluding steroid dienone is 2. The maximum absolute atomic E-state index is 13.0. The molecule has 0 saturated carbocycles. The number of carbonyl (C=O) groups excluding carboxylic acids is 1. The molecular formula is C24H28N2O2. The second kappa shape index (κ2) is 7.70. The average Bonchev–Trinajstić information content (AvgIpc) is 3.22. The highest BCUT2D eigenvalue weighted by atomic mass is 16.5. The van der Waals surface area contributed by atoms with Gasteiger partial charge >= 0.3 is 0 Å². The summed E-state index contributed by atoms with van der Waals surface area (Å²) in [5.74, 6) is 1.59. The van der Waals surface area contributed by atoms with Crippen LogP contribution in [-0.4, -0.2) is 19.1 Å². The van der Waals surface area contributed by atoms with E-state index in [4.69, 9.17) is 4.74 Å². The maximum atomic E-state index is 13.0. The van der Waals surface area contributed by atoms with Gasteiger partial charge in [0.15, 0.2) is 0 Å². The van der Waals surface area contributed by atoms with Crippen molar-refractivity contribution >= 4 is 11.6 Å². The zero-order valence-electron chi connectivity index (χ0n) is 16.7. The van der Waals surface area contributed by atoms with E-state index >= 15 is 0 Å². The summed E-state index contributed by atoms with van der Waals surface area (Å²) < 4.78 is 5.64. The fraction of sp³-hybridized carbons (Fsp3) is 0.375. The number of benzene rings is 2. The fourth-order valence-corrected chi connectivity index (χ4v) is 4.45. The number of hydrogen-bond acceptors (Lipinski definition) is 3. The molecule has 2 aliphatic rings. The standard InChI is InChI=1S/C24H28N2O2/c1-4-15(2)25-24(27)20-13-8-12-18-16-10-7-11-17(16)22(26-23(18)20)19-9-5-6-14-21(19)28-3/h5-10,12-17,22,26H,4,11H2,1-3H3,(H,25,27). The molecule has 4 nitrogen and oxygen atoms in total. The molecule has 0 radical (unpaired) electrons. The summed E-state index contributed by atoms with van der Waals surface area (Å²) in [4.78, 5) is 13.0. The molecule has 4 unspecified atom stereocenters. The van der Waals surface area contributed by atoms with Crippen molar-refractivity contribution in [2.24, 2.45) is 5.92 Å². The van der Waals surface area contributed by atoms with Crippen molar-refractivity contribution < 1.29 is 9.53 Å². The third-order valence-corrected chi connectivity index (χ3v) is 6.11. The lowest BCUT2D eigenvalue weighted by Gasteiger charge is -2.38. The average molecular weight is 377 g/mol. The number of hydrogen-bond donors (Lipinski definition) is 2. The van der Waals surface area contributed by atoms with E-state index in [0.29, 0.717) is 11.8 Å². The number of ether oxygens (including phenoxy) is 1. The van der Waals surface area contributed by atoms with Gasteiger partial charge in [-0.2, -0.15) is 0 Å². The van der Waals surface area contributed by atoms with Crippen LogP contribution in [0, 0.1) is 5.92 Å². The Balaban J connectivity index is 1.77. The Kier molecular flexibility index (Phi) is 5.12. The molecule has 1 aliphatic carbocycles. The lowest BCUT2D eigenvalue weighted by Crippen LogP contribution is -2.35. The quantitative estimate of drug-likeness (QED) is 0.718. The number of para-hydroxylation sites is 2. The number of methoxy groups -OCH3 is 1. The highest BCUT2D eigenvalue weighted by Crippen LogP contribution is 2.51. The van der Waals surface area contributed by atoms with Gasteiger partial charge < -0.3 is 15.4 Å². The van der Waals surface area contributed by atoms with E-state index in [1.165, 1.54) is 5.56 Å². The van der Waals surface area contributed by atoms with Crippen LogP contribution < -0.4 is 15.4 Å². The molecular weight excluding hydrogens is 348 g/mol. The monoisotopic (exact) mass is 376 g/mol. The molecule has 146 valence electrons. The Morgan fingerprint density at radius 1 is 1.21 bits per heavy atom. The first-order valence-corrected chi connectivity index (χ1v) is 10.1. The Morgan fingerprint density at radius 2 is 2.00 bits per heavy atom. The molecule has 2 aromatic rings. The fourth-order valence-electron chi connectivity index (χ4n) is 4.45. The molecule has 1 amide bonds. The molecule has 2 N–H and O–H groups in total. The lowest BCUT2D eigenvalue weighted by molar-refractivity contribution is 0.0939. The predicted octanol–water partition coefficient (Wildman–Crippen LogP) is 5.05. The molecule has 0 aromatic heterocycles. The van der Waals surface area contributed by atoms with Crippen LogP contribution in [0.15, 0.2) is 54.6 Å². The summed E-state index contributed by atoms with van der Waals surface area (Å²) in [6.07, 6.45) is 6.48. The first-order chi connectivity index (χ1) is 13.6. The van der Waals surface area contributed by atoms with Gasteiger partial charge in [0.1, 0.15) is 5.75 Å². The topological polar surface area (TPSA) is 50.4 Å². The van der Waals surface area contributed by atoms with Crippen molar-refractivity contribution in [2.45, 2.75) is 44.7 Å². The third-order valence-electron chi connectivity index (χ3n) is 6.11. The van der Waals surface area contributed by atoms with Gasteiger partial charge in [0, 0.05) is 17.5 Å². The molecule has 0 bridgehead atoms. The van der Waals surface area contributed by atoms with Crippen molar-refractivity contribution in [3.63, 3.8) is 0 Å². The van der Waals surface area contributed by atoms with Crippen LogP contribution in [0.25, 0.3) is 0 Å². The maximum Gasteiger partial charge on any atom is 0.253 e. The summed E-state index contributed by atoms with van der Waals surface area (Å²) in [6.45, 7) is 4.11. The Labute approximate surface area is 167 Å². The summed E-state index contributed by atoms with van der Waals surface area (Å²) in [7, 11) is 1.71. The normalized spacial score (nSPS) is 23.3. The summed E-state index contributed by atoms with van der Waals surface area (Å²) >= 11 is 0. The minimum absolute atomic E-state index is 0.0158. The van der Waals surface area contributed by atoms with Gasteiger partial charge in [0.05, 0.1) is 24.4 Å². The van der Waals surface area contributed by atoms with Gasteiger partial charge in [-0.25, -0.2) is 0 Å². The Bertz CT molecular complexity index is 905. The van der Waals surface area contributed by atoms with E-state index in [2.05, 4.69) is 41.8 Å². The van der Waals surface area contributed by atoms with E-state index in [-0.39, 0.29) is 18.0 Å². The molecule has 0 fully saturated rings. The van der Waals surface area contributed by atoms with Crippen molar-refractivity contribution in [3.8, 4) is 5.75 Å². The molecule has 1 heterocycles. The van der Waals surface area contributed by atoms with E-state index < -0.39 is 0 Å². The largest absolute Gasteiger partial charge is 0.496 e. The molecule has 0 spiro atoms. The molecule has 2 aromatic carbocycles. The predicted molar refractivity (Wildman–Crippen MR) is 113 cm³/mol. The zero-order valence-corrected chi connectivity index (χ0v) is 16.7. The van der Waals surface area contributed by atoms with Gasteiger partial charge in [-0.15, -0.1) is 0 Å². The van der Waals surface area contributed by atoms with Crippen LogP contribution in [0.4, 0.5) is 5.69 Å². The van der Waals surface area contributed by atoms with Crippen LogP contribution in [0.1, 0.15) is 60.1 Å². The zero-order chi connectivity index (χ0) is 19.7. The van der Waals surface area contributed by atoms with Crippen molar-refractivity contribution in [1.29, 1.82) is 0 Å². The van der Waals surface area contributed by atoms with Gasteiger partial charge in [-0.05, 0) is 43.4 Å². The first kappa shape index (κ1) is 18.6. The molecule has 4 heteroatoms. The summed E-state index contributed by atoms with van der Waals surface area (Å²) in [6, 6.07) is 14.5. The van der Waals surface area contributed by atoms with Gasteiger partial charge in [0.2, 0.25) is 0 Å². The Morgan fingerprint density at radius 3 is 2.79 bits per heavy atom. The third kappa shape index (κ3) is 3.17. The number of fused-ring (bicyclic) bond motifs is 3. The molecule has 1 aliphatic heterocycles. The smallest absolute Gasteiger partial charge is 0.253 e. The highest BCUT2D eigenvalue weighted by molar-refractivity contribution is 6.01. The van der Waals surface area contributed by atoms with Crippen LogP contribution in [0.3, 0.4) is 0 Å². The molecule has 4 atom stereocenters. The van der Waals surface area contributed by atoms with Crippen molar-refractivity contribution in [3.05, 3.63) is 71.3 Å². The van der Waals surface area contributed by atoms with E-state index in [9.17, 15) is 4.79 Å². The highest BCUT2D eigenvalue weighted by Gasteiger charge is 2.40. The number of amides is 1. The summed E-state index contributed by atoms with van der Waals surface area (Å²) in [5.41, 5.74) is 4.02.